The third kappa shape index (κ3) is 4.21. The van der Waals surface area contributed by atoms with Crippen LogP contribution in [0.4, 0.5) is 0 Å². The van der Waals surface area contributed by atoms with Gasteiger partial charge in [-0.15, -0.1) is 0 Å². The van der Waals surface area contributed by atoms with Crippen LogP contribution in [0, 0.1) is 5.92 Å². The van der Waals surface area contributed by atoms with E-state index in [0.717, 1.165) is 6.42 Å². The summed E-state index contributed by atoms with van der Waals surface area (Å²) >= 11 is 0. The van der Waals surface area contributed by atoms with E-state index in [0.29, 0.717) is 12.0 Å². The Morgan fingerprint density at radius 3 is 2.56 bits per heavy atom. The van der Waals surface area contributed by atoms with Gasteiger partial charge in [-0.05, 0) is 18.8 Å². The normalized spacial score (nSPS) is 24.9. The summed E-state index contributed by atoms with van der Waals surface area (Å²) in [5.41, 5.74) is 0. The molecule has 0 aromatic heterocycles. The molecule has 2 atom stereocenters. The molecule has 0 bridgehead atoms. The number of amides is 1. The van der Waals surface area contributed by atoms with Crippen LogP contribution >= 0.6 is 0 Å². The molecule has 4 heteroatoms. The maximum absolute atomic E-state index is 11.6. The molecular weight excluding hydrogens is 206 g/mol. The number of nitrogens with one attached hydrogen (secondary N) is 1. The van der Waals surface area contributed by atoms with Crippen LogP contribution in [0.25, 0.3) is 0 Å². The van der Waals surface area contributed by atoms with Gasteiger partial charge in [0.05, 0.1) is 13.5 Å². The molecule has 92 valence electrons. The molecule has 1 fully saturated rings. The maximum Gasteiger partial charge on any atom is 0.306 e. The first-order chi connectivity index (χ1) is 7.63. The molecular formula is C12H21NO3. The van der Waals surface area contributed by atoms with Crippen molar-refractivity contribution in [2.45, 2.75) is 51.5 Å². The summed E-state index contributed by atoms with van der Waals surface area (Å²) in [5.74, 6) is 0.187. The summed E-state index contributed by atoms with van der Waals surface area (Å²) in [5, 5.41) is 3.00. The lowest BCUT2D eigenvalue weighted by molar-refractivity contribution is -0.142. The van der Waals surface area contributed by atoms with Crippen LogP contribution in [0.2, 0.25) is 0 Å². The molecule has 0 aromatic rings. The third-order valence-corrected chi connectivity index (χ3v) is 3.24. The van der Waals surface area contributed by atoms with Crippen molar-refractivity contribution in [3.63, 3.8) is 0 Å². The summed E-state index contributed by atoms with van der Waals surface area (Å²) in [6.07, 6.45) is 5.09. The molecule has 1 aliphatic rings. The number of rotatable bonds is 4. The second-order valence-corrected chi connectivity index (χ2v) is 4.51. The van der Waals surface area contributed by atoms with Gasteiger partial charge in [0.2, 0.25) is 5.91 Å². The predicted octanol–water partition coefficient (Wildman–Crippen LogP) is 1.63. The Balaban J connectivity index is 2.24. The molecule has 1 N–H and O–H groups in total. The fourth-order valence-electron chi connectivity index (χ4n) is 2.13. The van der Waals surface area contributed by atoms with E-state index in [1.165, 1.54) is 26.4 Å². The first-order valence-corrected chi connectivity index (χ1v) is 5.99. The van der Waals surface area contributed by atoms with Crippen molar-refractivity contribution >= 4 is 11.9 Å². The lowest BCUT2D eigenvalue weighted by atomic mass is 9.86. The van der Waals surface area contributed by atoms with Crippen molar-refractivity contribution in [2.75, 3.05) is 7.11 Å². The van der Waals surface area contributed by atoms with Crippen molar-refractivity contribution in [1.82, 2.24) is 5.32 Å². The number of methoxy groups -OCH3 is 1. The number of carbonyl (C=O) groups excluding carboxylic acids is 2. The van der Waals surface area contributed by atoms with E-state index in [1.807, 2.05) is 0 Å². The Morgan fingerprint density at radius 2 is 1.94 bits per heavy atom. The monoisotopic (exact) mass is 227 g/mol. The van der Waals surface area contributed by atoms with Gasteiger partial charge in [0.15, 0.2) is 0 Å². The number of esters is 1. The van der Waals surface area contributed by atoms with Crippen molar-refractivity contribution in [3.05, 3.63) is 0 Å². The zero-order valence-electron chi connectivity index (χ0n) is 10.1. The van der Waals surface area contributed by atoms with Gasteiger partial charge in [-0.25, -0.2) is 0 Å². The van der Waals surface area contributed by atoms with E-state index in [2.05, 4.69) is 17.0 Å². The van der Waals surface area contributed by atoms with Crippen LogP contribution in [0.1, 0.15) is 45.4 Å². The molecule has 16 heavy (non-hydrogen) atoms. The van der Waals surface area contributed by atoms with Crippen molar-refractivity contribution in [3.8, 4) is 0 Å². The molecule has 0 radical (unpaired) electrons. The minimum Gasteiger partial charge on any atom is -0.469 e. The van der Waals surface area contributed by atoms with Gasteiger partial charge < -0.3 is 10.1 Å². The van der Waals surface area contributed by atoms with Crippen LogP contribution in [-0.2, 0) is 14.3 Å². The topological polar surface area (TPSA) is 55.4 Å². The molecule has 0 aliphatic heterocycles. The first kappa shape index (κ1) is 13.0. The highest BCUT2D eigenvalue weighted by molar-refractivity contribution is 5.81. The largest absolute Gasteiger partial charge is 0.469 e. The molecule has 0 heterocycles. The van der Waals surface area contributed by atoms with Crippen LogP contribution in [0.5, 0.6) is 0 Å². The highest BCUT2D eigenvalue weighted by atomic mass is 16.5. The summed E-state index contributed by atoms with van der Waals surface area (Å²) in [6, 6.07) is 0.291. The second-order valence-electron chi connectivity index (χ2n) is 4.51. The Labute approximate surface area is 96.7 Å². The molecule has 0 unspecified atom stereocenters. The minimum atomic E-state index is -0.327. The molecule has 1 rings (SSSR count). The quantitative estimate of drug-likeness (QED) is 0.743. The molecule has 1 aliphatic carbocycles. The standard InChI is InChI=1S/C12H21NO3/c1-9-5-3-4-6-10(9)13-11(14)7-8-12(15)16-2/h9-10H,3-8H2,1-2H3,(H,13,14)/t9-,10+/m0/s1. The lowest BCUT2D eigenvalue weighted by Gasteiger charge is -2.29. The average molecular weight is 227 g/mol. The van der Waals surface area contributed by atoms with E-state index >= 15 is 0 Å². The Kier molecular flexibility index (Phi) is 5.29. The van der Waals surface area contributed by atoms with Gasteiger partial charge in [-0.2, -0.15) is 0 Å². The highest BCUT2D eigenvalue weighted by Gasteiger charge is 2.22. The Bertz CT molecular complexity index is 253. The van der Waals surface area contributed by atoms with E-state index in [9.17, 15) is 9.59 Å². The van der Waals surface area contributed by atoms with Crippen molar-refractivity contribution < 1.29 is 14.3 Å². The lowest BCUT2D eigenvalue weighted by Crippen LogP contribution is -2.41. The molecule has 1 amide bonds. The minimum absolute atomic E-state index is 0.0378. The molecule has 4 nitrogen and oxygen atoms in total. The van der Waals surface area contributed by atoms with Crippen LogP contribution in [-0.4, -0.2) is 25.0 Å². The smallest absolute Gasteiger partial charge is 0.306 e. The van der Waals surface area contributed by atoms with Gasteiger partial charge >= 0.3 is 5.97 Å². The molecule has 0 saturated heterocycles. The Hall–Kier alpha value is -1.06. The number of ether oxygens (including phenoxy) is 1. The zero-order chi connectivity index (χ0) is 12.0. The molecule has 0 aromatic carbocycles. The van der Waals surface area contributed by atoms with Crippen molar-refractivity contribution in [2.24, 2.45) is 5.92 Å². The summed E-state index contributed by atoms with van der Waals surface area (Å²) in [6.45, 7) is 2.17. The highest BCUT2D eigenvalue weighted by Crippen LogP contribution is 2.23. The maximum atomic E-state index is 11.6. The first-order valence-electron chi connectivity index (χ1n) is 5.99. The summed E-state index contributed by atoms with van der Waals surface area (Å²) in [7, 11) is 1.34. The van der Waals surface area contributed by atoms with Gasteiger partial charge in [0.1, 0.15) is 0 Å². The van der Waals surface area contributed by atoms with E-state index in [1.54, 1.807) is 0 Å². The van der Waals surface area contributed by atoms with E-state index < -0.39 is 0 Å². The fourth-order valence-corrected chi connectivity index (χ4v) is 2.13. The fraction of sp³-hybridized carbons (Fsp3) is 0.833. The zero-order valence-corrected chi connectivity index (χ0v) is 10.1. The number of hydrogen-bond acceptors (Lipinski definition) is 3. The van der Waals surface area contributed by atoms with Gasteiger partial charge in [-0.1, -0.05) is 19.8 Å². The van der Waals surface area contributed by atoms with Crippen LogP contribution in [0.15, 0.2) is 0 Å². The van der Waals surface area contributed by atoms with Crippen molar-refractivity contribution in [1.29, 1.82) is 0 Å². The number of hydrogen-bond donors (Lipinski definition) is 1. The molecule has 0 spiro atoms. The predicted molar refractivity (Wildman–Crippen MR) is 60.8 cm³/mol. The van der Waals surface area contributed by atoms with Gasteiger partial charge in [-0.3, -0.25) is 9.59 Å². The summed E-state index contributed by atoms with van der Waals surface area (Å²) in [4.78, 5) is 22.4. The van der Waals surface area contributed by atoms with Crippen LogP contribution in [0.3, 0.4) is 0 Å². The second kappa shape index (κ2) is 6.51. The Morgan fingerprint density at radius 1 is 1.25 bits per heavy atom. The van der Waals surface area contributed by atoms with Gasteiger partial charge in [0.25, 0.3) is 0 Å². The number of carbonyl (C=O) groups is 2. The van der Waals surface area contributed by atoms with E-state index in [4.69, 9.17) is 0 Å². The molecule has 1 saturated carbocycles. The third-order valence-electron chi connectivity index (χ3n) is 3.24. The van der Waals surface area contributed by atoms with Gasteiger partial charge in [0, 0.05) is 12.5 Å². The van der Waals surface area contributed by atoms with E-state index in [-0.39, 0.29) is 24.7 Å². The summed E-state index contributed by atoms with van der Waals surface area (Å²) < 4.78 is 4.49. The SMILES string of the molecule is COC(=O)CCC(=O)N[C@@H]1CCCC[C@@H]1C. The average Bonchev–Trinajstić information content (AvgIpc) is 2.29. The van der Waals surface area contributed by atoms with Crippen LogP contribution < -0.4 is 5.32 Å².